The highest BCUT2D eigenvalue weighted by Gasteiger charge is 2.34. The van der Waals surface area contributed by atoms with Gasteiger partial charge in [0.2, 0.25) is 11.5 Å². The number of nitrogens with one attached hydrogen (secondary N) is 2. The van der Waals surface area contributed by atoms with Crippen LogP contribution in [-0.4, -0.2) is 15.9 Å². The van der Waals surface area contributed by atoms with E-state index in [0.717, 1.165) is 16.7 Å². The van der Waals surface area contributed by atoms with Gasteiger partial charge in [0, 0.05) is 35.5 Å². The van der Waals surface area contributed by atoms with Crippen LogP contribution in [0.15, 0.2) is 46.0 Å². The monoisotopic (exact) mass is 379 g/mol. The summed E-state index contributed by atoms with van der Waals surface area (Å²) in [6.07, 6.45) is -3.08. The van der Waals surface area contributed by atoms with Crippen molar-refractivity contribution in [3.63, 3.8) is 0 Å². The third-order valence-electron chi connectivity index (χ3n) is 3.50. The van der Waals surface area contributed by atoms with Crippen molar-refractivity contribution in [3.05, 3.63) is 57.1 Å². The van der Waals surface area contributed by atoms with Crippen LogP contribution in [0.3, 0.4) is 0 Å². The van der Waals surface area contributed by atoms with E-state index in [0.29, 0.717) is 11.1 Å². The molecule has 0 unspecified atom stereocenters. The number of amides is 1. The zero-order chi connectivity index (χ0) is 18.9. The Bertz CT molecular complexity index is 1020. The molecule has 0 aliphatic carbocycles. The average Bonchev–Trinajstić information content (AvgIpc) is 3.04. The van der Waals surface area contributed by atoms with Crippen molar-refractivity contribution in [1.29, 1.82) is 0 Å². The first-order valence-electron chi connectivity index (χ1n) is 7.36. The maximum atomic E-state index is 13.1. The largest absolute Gasteiger partial charge is 0.417 e. The Morgan fingerprint density at radius 2 is 1.96 bits per heavy atom. The molecular formula is C17H12F3N3O2S. The van der Waals surface area contributed by atoms with Gasteiger partial charge in [-0.3, -0.25) is 9.59 Å². The number of aromatic amines is 1. The minimum atomic E-state index is -4.52. The number of aromatic nitrogens is 2. The molecule has 3 rings (SSSR count). The molecule has 0 saturated heterocycles. The first kappa shape index (κ1) is 17.9. The maximum Gasteiger partial charge on any atom is 0.417 e. The van der Waals surface area contributed by atoms with Crippen molar-refractivity contribution in [2.45, 2.75) is 13.1 Å². The molecule has 3 aromatic rings. The minimum Gasteiger partial charge on any atom is -0.322 e. The number of pyridine rings is 2. The number of thiophene rings is 1. The zero-order valence-electron chi connectivity index (χ0n) is 13.3. The fraction of sp³-hybridized carbons (Fsp3) is 0.118. The zero-order valence-corrected chi connectivity index (χ0v) is 14.2. The summed E-state index contributed by atoms with van der Waals surface area (Å²) in [5.74, 6) is -0.0299. The first-order chi connectivity index (χ1) is 12.2. The van der Waals surface area contributed by atoms with Crippen LogP contribution in [0.4, 0.5) is 19.0 Å². The summed E-state index contributed by atoms with van der Waals surface area (Å²) in [6.45, 7) is 1.33. The van der Waals surface area contributed by atoms with Gasteiger partial charge in [0.05, 0.1) is 11.3 Å². The number of rotatable bonds is 3. The number of H-pyrrole nitrogens is 1. The molecule has 9 heteroatoms. The topological polar surface area (TPSA) is 74.8 Å². The van der Waals surface area contributed by atoms with Crippen LogP contribution in [-0.2, 0) is 11.0 Å². The molecule has 0 spiro atoms. The van der Waals surface area contributed by atoms with Gasteiger partial charge >= 0.3 is 6.18 Å². The molecule has 0 aliphatic heterocycles. The molecule has 0 saturated carbocycles. The number of halogens is 3. The Kier molecular flexibility index (Phi) is 4.64. The van der Waals surface area contributed by atoms with Crippen molar-refractivity contribution >= 4 is 23.1 Å². The van der Waals surface area contributed by atoms with Gasteiger partial charge in [0.1, 0.15) is 5.82 Å². The van der Waals surface area contributed by atoms with Crippen molar-refractivity contribution in [2.75, 3.05) is 5.32 Å². The van der Waals surface area contributed by atoms with E-state index in [-0.39, 0.29) is 23.0 Å². The van der Waals surface area contributed by atoms with E-state index in [1.165, 1.54) is 36.7 Å². The fourth-order valence-electron chi connectivity index (χ4n) is 2.44. The quantitative estimate of drug-likeness (QED) is 0.718. The molecule has 3 heterocycles. The van der Waals surface area contributed by atoms with Crippen LogP contribution in [0.1, 0.15) is 12.5 Å². The number of hydrogen-bond acceptors (Lipinski definition) is 4. The van der Waals surface area contributed by atoms with E-state index in [9.17, 15) is 22.8 Å². The van der Waals surface area contributed by atoms with E-state index in [1.54, 1.807) is 6.07 Å². The molecule has 0 atom stereocenters. The van der Waals surface area contributed by atoms with E-state index < -0.39 is 17.3 Å². The molecule has 2 N–H and O–H groups in total. The fourth-order valence-corrected chi connectivity index (χ4v) is 3.29. The average molecular weight is 379 g/mol. The molecule has 0 bridgehead atoms. The molecule has 0 aliphatic rings. The summed E-state index contributed by atoms with van der Waals surface area (Å²) >= 11 is 0.905. The summed E-state index contributed by atoms with van der Waals surface area (Å²) < 4.78 is 39.4. The molecule has 0 radical (unpaired) electrons. The molecule has 0 fully saturated rings. The molecule has 134 valence electrons. The lowest BCUT2D eigenvalue weighted by Crippen LogP contribution is -2.09. The summed E-state index contributed by atoms with van der Waals surface area (Å²) in [5.41, 5.74) is -0.396. The van der Waals surface area contributed by atoms with E-state index in [1.807, 2.05) is 0 Å². The highest BCUT2D eigenvalue weighted by atomic mass is 32.1. The van der Waals surface area contributed by atoms with Gasteiger partial charge in [-0.15, -0.1) is 0 Å². The van der Waals surface area contributed by atoms with Gasteiger partial charge in [-0.2, -0.15) is 24.5 Å². The molecule has 0 aromatic carbocycles. The Balaban J connectivity index is 2.09. The second-order valence-electron chi connectivity index (χ2n) is 5.45. The second-order valence-corrected chi connectivity index (χ2v) is 6.20. The number of hydrogen-bond donors (Lipinski definition) is 2. The van der Waals surface area contributed by atoms with Gasteiger partial charge in [-0.05, 0) is 29.3 Å². The van der Waals surface area contributed by atoms with Gasteiger partial charge in [-0.1, -0.05) is 0 Å². The molecule has 26 heavy (non-hydrogen) atoms. The van der Waals surface area contributed by atoms with Crippen LogP contribution < -0.4 is 10.9 Å². The second kappa shape index (κ2) is 6.75. The van der Waals surface area contributed by atoms with Gasteiger partial charge in [-0.25, -0.2) is 4.98 Å². The number of nitrogens with zero attached hydrogens (tertiary/aromatic N) is 1. The molecule has 1 amide bonds. The lowest BCUT2D eigenvalue weighted by molar-refractivity contribution is -0.136. The van der Waals surface area contributed by atoms with Crippen molar-refractivity contribution in [1.82, 2.24) is 9.97 Å². The third kappa shape index (κ3) is 3.83. The number of carbonyl (C=O) groups excluding carboxylic acids is 1. The summed E-state index contributed by atoms with van der Waals surface area (Å²) in [6, 6.07) is 5.88. The van der Waals surface area contributed by atoms with E-state index >= 15 is 0 Å². The number of carbonyl (C=O) groups is 1. The van der Waals surface area contributed by atoms with Crippen molar-refractivity contribution < 1.29 is 18.0 Å². The van der Waals surface area contributed by atoms with Gasteiger partial charge < -0.3 is 10.3 Å². The standard InChI is InChI=1S/C17H12F3N3O2S/c1-9(24)22-15-5-10(2-3-21-15)11-4-14(23-16(25)6-11)12-7-26-8-13(12)17(18,19)20/h2-8H,1H3,(H,23,25)(H,21,22,24). The number of anilines is 1. The summed E-state index contributed by atoms with van der Waals surface area (Å²) in [5, 5.41) is 4.86. The summed E-state index contributed by atoms with van der Waals surface area (Å²) in [4.78, 5) is 29.6. The van der Waals surface area contributed by atoms with Crippen LogP contribution in [0.2, 0.25) is 0 Å². The Labute approximate surface area is 149 Å². The SMILES string of the molecule is CC(=O)Nc1cc(-c2cc(-c3cscc3C(F)(F)F)[nH]c(=O)c2)ccn1. The predicted octanol–water partition coefficient (Wildman–Crippen LogP) is 4.14. The first-order valence-corrected chi connectivity index (χ1v) is 8.30. The normalized spacial score (nSPS) is 11.4. The molecular weight excluding hydrogens is 367 g/mol. The summed E-state index contributed by atoms with van der Waals surface area (Å²) in [7, 11) is 0. The Morgan fingerprint density at radius 1 is 1.19 bits per heavy atom. The van der Waals surface area contributed by atoms with Gasteiger partial charge in [0.15, 0.2) is 0 Å². The molecule has 5 nitrogen and oxygen atoms in total. The smallest absolute Gasteiger partial charge is 0.322 e. The Hall–Kier alpha value is -2.94. The lowest BCUT2D eigenvalue weighted by Gasteiger charge is -2.10. The third-order valence-corrected chi connectivity index (χ3v) is 4.24. The van der Waals surface area contributed by atoms with Crippen LogP contribution in [0.5, 0.6) is 0 Å². The molecule has 3 aromatic heterocycles. The van der Waals surface area contributed by atoms with Crippen LogP contribution in [0, 0.1) is 0 Å². The van der Waals surface area contributed by atoms with Gasteiger partial charge in [0.25, 0.3) is 0 Å². The van der Waals surface area contributed by atoms with Crippen LogP contribution in [0.25, 0.3) is 22.4 Å². The van der Waals surface area contributed by atoms with E-state index in [2.05, 4.69) is 15.3 Å². The van der Waals surface area contributed by atoms with Crippen molar-refractivity contribution in [3.8, 4) is 22.4 Å². The lowest BCUT2D eigenvalue weighted by atomic mass is 10.0. The number of alkyl halides is 3. The highest BCUT2D eigenvalue weighted by Crippen LogP contribution is 2.39. The highest BCUT2D eigenvalue weighted by molar-refractivity contribution is 7.08. The maximum absolute atomic E-state index is 13.1. The van der Waals surface area contributed by atoms with Crippen LogP contribution >= 0.6 is 11.3 Å². The minimum absolute atomic E-state index is 0.0685. The van der Waals surface area contributed by atoms with E-state index in [4.69, 9.17) is 0 Å². The predicted molar refractivity (Wildman–Crippen MR) is 92.9 cm³/mol. The Morgan fingerprint density at radius 3 is 2.65 bits per heavy atom. The van der Waals surface area contributed by atoms with Crippen molar-refractivity contribution in [2.24, 2.45) is 0 Å².